The molecule has 0 spiro atoms. The van der Waals surface area contributed by atoms with E-state index in [4.69, 9.17) is 4.74 Å². The number of esters is 1. The average molecular weight is 383 g/mol. The lowest BCUT2D eigenvalue weighted by Gasteiger charge is -2.05. The number of rotatable bonds is 9. The van der Waals surface area contributed by atoms with Crippen LogP contribution < -0.4 is 10.2 Å². The molecule has 1 N–H and O–H groups in total. The minimum absolute atomic E-state index is 0.0765. The average Bonchev–Trinajstić information content (AvgIpc) is 2.68. The lowest BCUT2D eigenvalue weighted by molar-refractivity contribution is -0.384. The Bertz CT molecular complexity index is 880. The van der Waals surface area contributed by atoms with Crippen LogP contribution in [0.1, 0.15) is 48.5 Å². The Morgan fingerprint density at radius 1 is 1.18 bits per heavy atom. The molecule has 0 heterocycles. The van der Waals surface area contributed by atoms with Crippen molar-refractivity contribution in [3.8, 4) is 5.75 Å². The van der Waals surface area contributed by atoms with Crippen LogP contribution in [0.25, 0.3) is 0 Å². The van der Waals surface area contributed by atoms with Gasteiger partial charge in [0.05, 0.1) is 16.7 Å². The SMILES string of the molecule is CCCCCC(=O)NN=Cc1cccc(OC(=O)c2cccc([N+](=O)[O-])c2)c1. The van der Waals surface area contributed by atoms with Gasteiger partial charge in [0.15, 0.2) is 0 Å². The number of hydrazone groups is 1. The quantitative estimate of drug-likeness (QED) is 0.177. The minimum atomic E-state index is -0.706. The van der Waals surface area contributed by atoms with Gasteiger partial charge < -0.3 is 4.74 Å². The molecule has 0 aliphatic heterocycles. The maximum Gasteiger partial charge on any atom is 0.343 e. The molecule has 0 atom stereocenters. The molecule has 8 heteroatoms. The Morgan fingerprint density at radius 3 is 2.71 bits per heavy atom. The van der Waals surface area contributed by atoms with Crippen molar-refractivity contribution in [2.75, 3.05) is 0 Å². The van der Waals surface area contributed by atoms with E-state index >= 15 is 0 Å². The zero-order chi connectivity index (χ0) is 20.4. The molecule has 0 aromatic heterocycles. The van der Waals surface area contributed by atoms with Gasteiger partial charge in [0, 0.05) is 18.6 Å². The fourth-order valence-corrected chi connectivity index (χ4v) is 2.34. The van der Waals surface area contributed by atoms with Crippen molar-refractivity contribution >= 4 is 23.8 Å². The van der Waals surface area contributed by atoms with Crippen LogP contribution in [0.5, 0.6) is 5.75 Å². The Kier molecular flexibility index (Phi) is 7.83. The lowest BCUT2D eigenvalue weighted by Crippen LogP contribution is -2.16. The molecular weight excluding hydrogens is 362 g/mol. The number of hydrogen-bond acceptors (Lipinski definition) is 6. The number of nitro groups is 1. The number of ether oxygens (including phenoxy) is 1. The van der Waals surface area contributed by atoms with Crippen molar-refractivity contribution in [3.05, 3.63) is 69.8 Å². The highest BCUT2D eigenvalue weighted by atomic mass is 16.6. The van der Waals surface area contributed by atoms with Gasteiger partial charge in [0.1, 0.15) is 5.75 Å². The van der Waals surface area contributed by atoms with Crippen molar-refractivity contribution in [1.82, 2.24) is 5.43 Å². The summed E-state index contributed by atoms with van der Waals surface area (Å²) in [6.07, 6.45) is 4.73. The third kappa shape index (κ3) is 6.64. The fourth-order valence-electron chi connectivity index (χ4n) is 2.34. The monoisotopic (exact) mass is 383 g/mol. The zero-order valence-corrected chi connectivity index (χ0v) is 15.5. The maximum absolute atomic E-state index is 12.2. The third-order valence-electron chi connectivity index (χ3n) is 3.77. The highest BCUT2D eigenvalue weighted by Crippen LogP contribution is 2.17. The first kappa shape index (κ1) is 20.8. The van der Waals surface area contributed by atoms with E-state index in [1.165, 1.54) is 24.4 Å². The van der Waals surface area contributed by atoms with Gasteiger partial charge in [0.2, 0.25) is 5.91 Å². The minimum Gasteiger partial charge on any atom is -0.423 e. The second-order valence-corrected chi connectivity index (χ2v) is 6.02. The molecule has 146 valence electrons. The summed E-state index contributed by atoms with van der Waals surface area (Å²) in [7, 11) is 0. The first-order chi connectivity index (χ1) is 13.5. The summed E-state index contributed by atoms with van der Waals surface area (Å²) in [5, 5.41) is 14.7. The van der Waals surface area contributed by atoms with Crippen molar-refractivity contribution in [1.29, 1.82) is 0 Å². The number of nitro benzene ring substituents is 1. The molecule has 0 saturated heterocycles. The van der Waals surface area contributed by atoms with Gasteiger partial charge in [-0.15, -0.1) is 0 Å². The van der Waals surface area contributed by atoms with Crippen LogP contribution in [0.4, 0.5) is 5.69 Å². The van der Waals surface area contributed by atoms with Crippen LogP contribution in [-0.4, -0.2) is 23.0 Å². The summed E-state index contributed by atoms with van der Waals surface area (Å²) in [6.45, 7) is 2.06. The first-order valence-corrected chi connectivity index (χ1v) is 8.88. The first-order valence-electron chi connectivity index (χ1n) is 8.88. The van der Waals surface area contributed by atoms with Gasteiger partial charge in [-0.25, -0.2) is 10.2 Å². The Balaban J connectivity index is 1.96. The molecule has 0 aliphatic rings. The van der Waals surface area contributed by atoms with Crippen LogP contribution >= 0.6 is 0 Å². The van der Waals surface area contributed by atoms with Gasteiger partial charge in [-0.1, -0.05) is 38.0 Å². The van der Waals surface area contributed by atoms with Crippen LogP contribution in [-0.2, 0) is 4.79 Å². The van der Waals surface area contributed by atoms with E-state index in [9.17, 15) is 19.7 Å². The lowest BCUT2D eigenvalue weighted by atomic mass is 10.2. The van der Waals surface area contributed by atoms with E-state index in [1.807, 2.05) is 0 Å². The topological polar surface area (TPSA) is 111 Å². The molecule has 28 heavy (non-hydrogen) atoms. The molecule has 2 aromatic rings. The fraction of sp³-hybridized carbons (Fsp3) is 0.250. The molecule has 2 aromatic carbocycles. The van der Waals surface area contributed by atoms with E-state index in [1.54, 1.807) is 24.3 Å². The maximum atomic E-state index is 12.2. The summed E-state index contributed by atoms with van der Waals surface area (Å²) in [4.78, 5) is 34.0. The number of amides is 1. The highest BCUT2D eigenvalue weighted by Gasteiger charge is 2.13. The van der Waals surface area contributed by atoms with Gasteiger partial charge in [-0.3, -0.25) is 14.9 Å². The number of nitrogens with one attached hydrogen (secondary N) is 1. The molecule has 0 radical (unpaired) electrons. The number of nitrogens with zero attached hydrogens (tertiary/aromatic N) is 2. The van der Waals surface area contributed by atoms with Crippen LogP contribution in [0.15, 0.2) is 53.6 Å². The summed E-state index contributed by atoms with van der Waals surface area (Å²) < 4.78 is 5.26. The van der Waals surface area contributed by atoms with Gasteiger partial charge in [-0.05, 0) is 30.2 Å². The van der Waals surface area contributed by atoms with E-state index in [0.29, 0.717) is 12.0 Å². The van der Waals surface area contributed by atoms with E-state index in [0.717, 1.165) is 25.3 Å². The number of unbranched alkanes of at least 4 members (excludes halogenated alkanes) is 2. The number of non-ortho nitro benzene ring substituents is 1. The van der Waals surface area contributed by atoms with Crippen LogP contribution in [0, 0.1) is 10.1 Å². The van der Waals surface area contributed by atoms with Gasteiger partial charge in [-0.2, -0.15) is 5.10 Å². The Labute approximate surface area is 162 Å². The summed E-state index contributed by atoms with van der Waals surface area (Å²) >= 11 is 0. The normalized spacial score (nSPS) is 10.6. The number of hydrogen-bond donors (Lipinski definition) is 1. The predicted octanol–water partition coefficient (Wildman–Crippen LogP) is 3.84. The third-order valence-corrected chi connectivity index (χ3v) is 3.77. The van der Waals surface area contributed by atoms with Crippen molar-refractivity contribution in [2.45, 2.75) is 32.6 Å². The zero-order valence-electron chi connectivity index (χ0n) is 15.5. The number of carbonyl (C=O) groups is 2. The molecule has 0 fully saturated rings. The second-order valence-electron chi connectivity index (χ2n) is 6.02. The van der Waals surface area contributed by atoms with Crippen LogP contribution in [0.3, 0.4) is 0 Å². The van der Waals surface area contributed by atoms with Gasteiger partial charge >= 0.3 is 5.97 Å². The summed E-state index contributed by atoms with van der Waals surface area (Å²) in [5.41, 5.74) is 2.96. The predicted molar refractivity (Wildman–Crippen MR) is 104 cm³/mol. The molecule has 0 saturated carbocycles. The van der Waals surface area contributed by atoms with E-state index in [2.05, 4.69) is 17.5 Å². The highest BCUT2D eigenvalue weighted by molar-refractivity contribution is 5.92. The molecule has 8 nitrogen and oxygen atoms in total. The molecular formula is C20H21N3O5. The van der Waals surface area contributed by atoms with Gasteiger partial charge in [0.25, 0.3) is 5.69 Å². The smallest absolute Gasteiger partial charge is 0.343 e. The van der Waals surface area contributed by atoms with Crippen molar-refractivity contribution in [2.24, 2.45) is 5.10 Å². The molecule has 1 amide bonds. The van der Waals surface area contributed by atoms with Crippen LogP contribution in [0.2, 0.25) is 0 Å². The van der Waals surface area contributed by atoms with E-state index in [-0.39, 0.29) is 22.9 Å². The Hall–Kier alpha value is -3.55. The molecule has 0 unspecified atom stereocenters. The second kappa shape index (κ2) is 10.6. The largest absolute Gasteiger partial charge is 0.423 e. The molecule has 0 bridgehead atoms. The number of benzene rings is 2. The summed E-state index contributed by atoms with van der Waals surface area (Å²) in [5.74, 6) is -0.602. The Morgan fingerprint density at radius 2 is 1.96 bits per heavy atom. The van der Waals surface area contributed by atoms with E-state index < -0.39 is 10.9 Å². The van der Waals surface area contributed by atoms with Crippen molar-refractivity contribution in [3.63, 3.8) is 0 Å². The van der Waals surface area contributed by atoms with Crippen molar-refractivity contribution < 1.29 is 19.2 Å². The standard InChI is InChI=1S/C20H21N3O5/c1-2-3-4-11-19(24)22-21-14-15-7-5-10-18(12-15)28-20(25)16-8-6-9-17(13-16)23(26)27/h5-10,12-14H,2-4,11H2,1H3,(H,22,24). The number of carbonyl (C=O) groups excluding carboxylic acids is 2. The summed E-state index contributed by atoms with van der Waals surface area (Å²) in [6, 6.07) is 11.9. The molecule has 2 rings (SSSR count). The molecule has 0 aliphatic carbocycles.